The molecule has 2 aromatic rings. The van der Waals surface area contributed by atoms with Gasteiger partial charge in [-0.2, -0.15) is 4.98 Å². The number of ether oxygens (including phenoxy) is 1. The predicted molar refractivity (Wildman–Crippen MR) is 98.4 cm³/mol. The van der Waals surface area contributed by atoms with Gasteiger partial charge in [0.25, 0.3) is 0 Å². The highest BCUT2D eigenvalue weighted by molar-refractivity contribution is 5.69. The molecule has 0 spiro atoms. The van der Waals surface area contributed by atoms with Crippen LogP contribution in [-0.2, 0) is 22.5 Å². The zero-order valence-corrected chi connectivity index (χ0v) is 15.6. The summed E-state index contributed by atoms with van der Waals surface area (Å²) in [6.07, 6.45) is 4.66. The Labute approximate surface area is 154 Å². The number of carbonyl (C=O) groups is 1. The van der Waals surface area contributed by atoms with E-state index in [1.807, 2.05) is 12.1 Å². The number of rotatable bonds is 6. The fraction of sp³-hybridized carbons (Fsp3) is 0.550. The van der Waals surface area contributed by atoms with Crippen molar-refractivity contribution >= 4 is 5.97 Å². The van der Waals surface area contributed by atoms with Crippen LogP contribution < -0.4 is 0 Å². The van der Waals surface area contributed by atoms with Gasteiger partial charge in [0, 0.05) is 12.0 Å². The van der Waals surface area contributed by atoms with E-state index in [9.17, 15) is 4.79 Å². The SMILES string of the molecule is CCc1ccc(-c2noc(CN3CCCC(CC(=O)OC)CC3)n2)cc1. The Morgan fingerprint density at radius 3 is 2.81 bits per heavy atom. The van der Waals surface area contributed by atoms with Crippen LogP contribution in [0.25, 0.3) is 11.4 Å². The first-order valence-corrected chi connectivity index (χ1v) is 9.39. The Balaban J connectivity index is 1.56. The minimum Gasteiger partial charge on any atom is -0.469 e. The van der Waals surface area contributed by atoms with Crippen molar-refractivity contribution in [2.24, 2.45) is 5.92 Å². The van der Waals surface area contributed by atoms with E-state index in [-0.39, 0.29) is 5.97 Å². The first kappa shape index (κ1) is 18.6. The van der Waals surface area contributed by atoms with E-state index < -0.39 is 0 Å². The number of benzene rings is 1. The lowest BCUT2D eigenvalue weighted by Crippen LogP contribution is -2.24. The summed E-state index contributed by atoms with van der Waals surface area (Å²) in [6, 6.07) is 8.27. The van der Waals surface area contributed by atoms with E-state index in [1.165, 1.54) is 12.7 Å². The average Bonchev–Trinajstić information content (AvgIpc) is 3.03. The minimum absolute atomic E-state index is 0.112. The van der Waals surface area contributed by atoms with Gasteiger partial charge in [-0.3, -0.25) is 9.69 Å². The number of hydrogen-bond donors (Lipinski definition) is 0. The molecule has 1 saturated heterocycles. The van der Waals surface area contributed by atoms with Gasteiger partial charge in [-0.1, -0.05) is 36.3 Å². The summed E-state index contributed by atoms with van der Waals surface area (Å²) in [7, 11) is 1.45. The molecule has 1 unspecified atom stereocenters. The van der Waals surface area contributed by atoms with Crippen molar-refractivity contribution in [3.63, 3.8) is 0 Å². The van der Waals surface area contributed by atoms with Gasteiger partial charge in [0.05, 0.1) is 13.7 Å². The summed E-state index contributed by atoms with van der Waals surface area (Å²) in [6.45, 7) is 4.72. The summed E-state index contributed by atoms with van der Waals surface area (Å²) in [5.41, 5.74) is 2.27. The first-order valence-electron chi connectivity index (χ1n) is 9.39. The van der Waals surface area contributed by atoms with Crippen molar-refractivity contribution in [1.29, 1.82) is 0 Å². The van der Waals surface area contributed by atoms with Gasteiger partial charge in [0.15, 0.2) is 0 Å². The second kappa shape index (κ2) is 8.94. The zero-order chi connectivity index (χ0) is 18.4. The maximum absolute atomic E-state index is 11.5. The van der Waals surface area contributed by atoms with Crippen molar-refractivity contribution in [1.82, 2.24) is 15.0 Å². The summed E-state index contributed by atoms with van der Waals surface area (Å²) >= 11 is 0. The molecule has 6 nitrogen and oxygen atoms in total. The predicted octanol–water partition coefficient (Wildman–Crippen LogP) is 3.46. The molecule has 1 aromatic heterocycles. The number of aryl methyl sites for hydroxylation is 1. The van der Waals surface area contributed by atoms with Crippen LogP contribution in [-0.4, -0.2) is 41.2 Å². The van der Waals surface area contributed by atoms with E-state index in [0.717, 1.165) is 44.3 Å². The lowest BCUT2D eigenvalue weighted by atomic mass is 9.97. The van der Waals surface area contributed by atoms with E-state index >= 15 is 0 Å². The van der Waals surface area contributed by atoms with Gasteiger partial charge in [0.2, 0.25) is 11.7 Å². The maximum atomic E-state index is 11.5. The van der Waals surface area contributed by atoms with E-state index in [1.54, 1.807) is 0 Å². The van der Waals surface area contributed by atoms with Crippen LogP contribution in [0.15, 0.2) is 28.8 Å². The number of methoxy groups -OCH3 is 1. The first-order chi connectivity index (χ1) is 12.7. The molecule has 1 aliphatic heterocycles. The van der Waals surface area contributed by atoms with Crippen LogP contribution in [0.1, 0.15) is 44.1 Å². The summed E-state index contributed by atoms with van der Waals surface area (Å²) in [5, 5.41) is 4.12. The smallest absolute Gasteiger partial charge is 0.305 e. The molecule has 1 atom stereocenters. The van der Waals surface area contributed by atoms with Crippen molar-refractivity contribution in [3.05, 3.63) is 35.7 Å². The fourth-order valence-corrected chi connectivity index (χ4v) is 3.42. The molecule has 6 heteroatoms. The quantitative estimate of drug-likeness (QED) is 0.738. The third kappa shape index (κ3) is 4.91. The van der Waals surface area contributed by atoms with Crippen LogP contribution in [0.2, 0.25) is 0 Å². The lowest BCUT2D eigenvalue weighted by molar-refractivity contribution is -0.141. The molecule has 0 saturated carbocycles. The van der Waals surface area contributed by atoms with Crippen LogP contribution in [0.4, 0.5) is 0 Å². The van der Waals surface area contributed by atoms with Gasteiger partial charge >= 0.3 is 5.97 Å². The highest BCUT2D eigenvalue weighted by atomic mass is 16.5. The van der Waals surface area contributed by atoms with Crippen molar-refractivity contribution < 1.29 is 14.1 Å². The van der Waals surface area contributed by atoms with Gasteiger partial charge in [-0.15, -0.1) is 0 Å². The van der Waals surface area contributed by atoms with Crippen LogP contribution in [0.3, 0.4) is 0 Å². The standard InChI is InChI=1S/C20H27N3O3/c1-3-15-6-8-17(9-7-15)20-21-18(26-22-20)14-23-11-4-5-16(10-12-23)13-19(24)25-2/h6-9,16H,3-5,10-14H2,1-2H3. The maximum Gasteiger partial charge on any atom is 0.305 e. The Morgan fingerprint density at radius 2 is 2.08 bits per heavy atom. The van der Waals surface area contributed by atoms with Crippen molar-refractivity contribution in [3.8, 4) is 11.4 Å². The normalized spacial score (nSPS) is 18.5. The molecule has 140 valence electrons. The van der Waals surface area contributed by atoms with Crippen LogP contribution in [0, 0.1) is 5.92 Å². The molecule has 26 heavy (non-hydrogen) atoms. The molecular formula is C20H27N3O3. The molecule has 1 aliphatic rings. The third-order valence-electron chi connectivity index (χ3n) is 5.07. The number of likely N-dealkylation sites (tertiary alicyclic amines) is 1. The Kier molecular flexibility index (Phi) is 6.39. The van der Waals surface area contributed by atoms with Crippen molar-refractivity contribution in [2.75, 3.05) is 20.2 Å². The van der Waals surface area contributed by atoms with E-state index in [0.29, 0.717) is 30.6 Å². The van der Waals surface area contributed by atoms with E-state index in [4.69, 9.17) is 9.26 Å². The third-order valence-corrected chi connectivity index (χ3v) is 5.07. The van der Waals surface area contributed by atoms with Gasteiger partial charge < -0.3 is 9.26 Å². The molecule has 0 aliphatic carbocycles. The molecule has 0 N–H and O–H groups in total. The average molecular weight is 357 g/mol. The molecule has 0 bridgehead atoms. The van der Waals surface area contributed by atoms with Crippen LogP contribution >= 0.6 is 0 Å². The molecule has 2 heterocycles. The molecular weight excluding hydrogens is 330 g/mol. The largest absolute Gasteiger partial charge is 0.469 e. The van der Waals surface area contributed by atoms with Crippen molar-refractivity contribution in [2.45, 2.75) is 45.6 Å². The second-order valence-electron chi connectivity index (χ2n) is 6.92. The number of nitrogens with zero attached hydrogens (tertiary/aromatic N) is 3. The number of hydrogen-bond acceptors (Lipinski definition) is 6. The van der Waals surface area contributed by atoms with Gasteiger partial charge in [-0.05, 0) is 50.3 Å². The second-order valence-corrected chi connectivity index (χ2v) is 6.92. The highest BCUT2D eigenvalue weighted by Crippen LogP contribution is 2.23. The molecule has 3 rings (SSSR count). The number of aromatic nitrogens is 2. The van der Waals surface area contributed by atoms with Crippen LogP contribution in [0.5, 0.6) is 0 Å². The summed E-state index contributed by atoms with van der Waals surface area (Å²) < 4.78 is 10.2. The van der Waals surface area contributed by atoms with E-state index in [2.05, 4.69) is 34.1 Å². The zero-order valence-electron chi connectivity index (χ0n) is 15.6. The number of esters is 1. The van der Waals surface area contributed by atoms with Gasteiger partial charge in [-0.25, -0.2) is 0 Å². The Bertz CT molecular complexity index is 711. The van der Waals surface area contributed by atoms with Gasteiger partial charge in [0.1, 0.15) is 0 Å². The molecule has 0 amide bonds. The minimum atomic E-state index is -0.112. The topological polar surface area (TPSA) is 68.5 Å². The summed E-state index contributed by atoms with van der Waals surface area (Å²) in [4.78, 5) is 18.3. The molecule has 1 aromatic carbocycles. The summed E-state index contributed by atoms with van der Waals surface area (Å²) in [5.74, 6) is 1.58. The molecule has 0 radical (unpaired) electrons. The Hall–Kier alpha value is -2.21. The number of carbonyl (C=O) groups excluding carboxylic acids is 1. The highest BCUT2D eigenvalue weighted by Gasteiger charge is 2.21. The lowest BCUT2D eigenvalue weighted by Gasteiger charge is -2.17. The Morgan fingerprint density at radius 1 is 1.27 bits per heavy atom. The molecule has 1 fully saturated rings. The monoisotopic (exact) mass is 357 g/mol. The fourth-order valence-electron chi connectivity index (χ4n) is 3.42.